The molecule has 0 bridgehead atoms. The Labute approximate surface area is 95.9 Å². The summed E-state index contributed by atoms with van der Waals surface area (Å²) in [5.74, 6) is 6.70. The molecule has 0 N–H and O–H groups in total. The Bertz CT molecular complexity index is 419. The van der Waals surface area contributed by atoms with Gasteiger partial charge in [0.05, 0.1) is 11.1 Å². The van der Waals surface area contributed by atoms with E-state index >= 15 is 0 Å². The van der Waals surface area contributed by atoms with E-state index in [2.05, 4.69) is 26.7 Å². The van der Waals surface area contributed by atoms with Gasteiger partial charge in [-0.1, -0.05) is 11.8 Å². The standard InChI is InChI=1S/C13H15N3/c1-4-13(5-2-8-16(13)7-1)6-3-12-9-14-11-15-10-12/h9-11H,1-2,4-5,7-8H2. The summed E-state index contributed by atoms with van der Waals surface area (Å²) in [6, 6.07) is 0. The molecule has 3 nitrogen and oxygen atoms in total. The molecule has 0 amide bonds. The van der Waals surface area contributed by atoms with Gasteiger partial charge in [0.15, 0.2) is 0 Å². The molecule has 0 spiro atoms. The van der Waals surface area contributed by atoms with Gasteiger partial charge in [0.1, 0.15) is 6.33 Å². The first-order valence-electron chi connectivity index (χ1n) is 5.92. The first-order chi connectivity index (χ1) is 7.89. The van der Waals surface area contributed by atoms with Gasteiger partial charge >= 0.3 is 0 Å². The minimum absolute atomic E-state index is 0.176. The highest BCUT2D eigenvalue weighted by Crippen LogP contribution is 2.38. The number of rotatable bonds is 0. The van der Waals surface area contributed by atoms with Gasteiger partial charge in [0.2, 0.25) is 0 Å². The molecule has 3 heterocycles. The van der Waals surface area contributed by atoms with E-state index < -0.39 is 0 Å². The van der Waals surface area contributed by atoms with Crippen molar-refractivity contribution in [2.24, 2.45) is 0 Å². The van der Waals surface area contributed by atoms with Gasteiger partial charge in [0, 0.05) is 12.4 Å². The van der Waals surface area contributed by atoms with E-state index in [4.69, 9.17) is 0 Å². The minimum atomic E-state index is 0.176. The van der Waals surface area contributed by atoms with Gasteiger partial charge in [-0.2, -0.15) is 0 Å². The molecule has 0 atom stereocenters. The van der Waals surface area contributed by atoms with Crippen molar-refractivity contribution < 1.29 is 0 Å². The van der Waals surface area contributed by atoms with Crippen LogP contribution in [0.25, 0.3) is 0 Å². The lowest BCUT2D eigenvalue weighted by Gasteiger charge is -2.25. The molecule has 2 saturated heterocycles. The molecule has 0 aromatic carbocycles. The van der Waals surface area contributed by atoms with Crippen molar-refractivity contribution in [3.8, 4) is 11.8 Å². The minimum Gasteiger partial charge on any atom is -0.287 e. The summed E-state index contributed by atoms with van der Waals surface area (Å²) < 4.78 is 0. The summed E-state index contributed by atoms with van der Waals surface area (Å²) in [5.41, 5.74) is 1.10. The van der Waals surface area contributed by atoms with Crippen LogP contribution < -0.4 is 0 Å². The zero-order chi connectivity index (χ0) is 10.8. The number of hydrogen-bond donors (Lipinski definition) is 0. The second kappa shape index (κ2) is 3.88. The quantitative estimate of drug-likeness (QED) is 0.611. The molecule has 0 unspecified atom stereocenters. The molecule has 2 aliphatic rings. The van der Waals surface area contributed by atoms with Crippen molar-refractivity contribution in [3.05, 3.63) is 24.3 Å². The molecule has 16 heavy (non-hydrogen) atoms. The lowest BCUT2D eigenvalue weighted by Crippen LogP contribution is -2.36. The third-order valence-electron chi connectivity index (χ3n) is 3.64. The molecule has 0 saturated carbocycles. The largest absolute Gasteiger partial charge is 0.287 e. The van der Waals surface area contributed by atoms with E-state index in [0.717, 1.165) is 5.56 Å². The van der Waals surface area contributed by atoms with E-state index in [0.29, 0.717) is 0 Å². The summed E-state index contributed by atoms with van der Waals surface area (Å²) >= 11 is 0. The lowest BCUT2D eigenvalue weighted by molar-refractivity contribution is 0.261. The smallest absolute Gasteiger partial charge is 0.115 e. The van der Waals surface area contributed by atoms with Gasteiger partial charge < -0.3 is 0 Å². The van der Waals surface area contributed by atoms with Crippen LogP contribution in [0.15, 0.2) is 18.7 Å². The molecular formula is C13H15N3. The number of hydrogen-bond acceptors (Lipinski definition) is 3. The van der Waals surface area contributed by atoms with Crippen LogP contribution in [0.2, 0.25) is 0 Å². The Kier molecular flexibility index (Phi) is 2.37. The first-order valence-corrected chi connectivity index (χ1v) is 5.92. The van der Waals surface area contributed by atoms with Gasteiger partial charge in [-0.15, -0.1) is 0 Å². The zero-order valence-corrected chi connectivity index (χ0v) is 9.32. The molecule has 0 radical (unpaired) electrons. The van der Waals surface area contributed by atoms with Crippen LogP contribution in [-0.4, -0.2) is 33.5 Å². The Morgan fingerprint density at radius 3 is 2.50 bits per heavy atom. The third-order valence-corrected chi connectivity index (χ3v) is 3.64. The van der Waals surface area contributed by atoms with E-state index in [1.165, 1.54) is 38.8 Å². The highest BCUT2D eigenvalue weighted by Gasteiger charge is 2.42. The molecule has 2 fully saturated rings. The topological polar surface area (TPSA) is 29.0 Å². The SMILES string of the molecule is C(#CC12CCCN1CCC2)c1cncnc1. The van der Waals surface area contributed by atoms with Gasteiger partial charge in [-0.3, -0.25) is 4.90 Å². The summed E-state index contributed by atoms with van der Waals surface area (Å²) in [6.45, 7) is 2.44. The number of fused-ring (bicyclic) bond motifs is 1. The van der Waals surface area contributed by atoms with Crippen molar-refractivity contribution in [1.82, 2.24) is 14.9 Å². The van der Waals surface area contributed by atoms with E-state index in [-0.39, 0.29) is 5.54 Å². The van der Waals surface area contributed by atoms with Crippen LogP contribution in [0.1, 0.15) is 31.2 Å². The summed E-state index contributed by atoms with van der Waals surface area (Å²) in [4.78, 5) is 10.5. The molecule has 3 rings (SSSR count). The van der Waals surface area contributed by atoms with Gasteiger partial charge in [0.25, 0.3) is 0 Å². The monoisotopic (exact) mass is 213 g/mol. The average molecular weight is 213 g/mol. The maximum absolute atomic E-state index is 3.99. The predicted molar refractivity (Wildman–Crippen MR) is 61.7 cm³/mol. The van der Waals surface area contributed by atoms with Crippen molar-refractivity contribution in [2.45, 2.75) is 31.2 Å². The Morgan fingerprint density at radius 2 is 1.81 bits per heavy atom. The number of aromatic nitrogens is 2. The van der Waals surface area contributed by atoms with E-state index in [9.17, 15) is 0 Å². The van der Waals surface area contributed by atoms with Crippen LogP contribution in [0.3, 0.4) is 0 Å². The maximum Gasteiger partial charge on any atom is 0.115 e. The fourth-order valence-corrected chi connectivity index (χ4v) is 2.86. The molecule has 1 aromatic rings. The highest BCUT2D eigenvalue weighted by molar-refractivity contribution is 5.34. The molecule has 1 aromatic heterocycles. The van der Waals surface area contributed by atoms with Crippen LogP contribution >= 0.6 is 0 Å². The lowest BCUT2D eigenvalue weighted by atomic mass is 9.94. The highest BCUT2D eigenvalue weighted by atomic mass is 15.2. The van der Waals surface area contributed by atoms with Crippen molar-refractivity contribution in [3.63, 3.8) is 0 Å². The average Bonchev–Trinajstić information content (AvgIpc) is 2.87. The number of nitrogens with zero attached hydrogens (tertiary/aromatic N) is 3. The van der Waals surface area contributed by atoms with Crippen LogP contribution in [0.4, 0.5) is 0 Å². The van der Waals surface area contributed by atoms with Crippen LogP contribution in [0.5, 0.6) is 0 Å². The normalized spacial score (nSPS) is 22.5. The molecule has 3 heteroatoms. The Morgan fingerprint density at radius 1 is 1.12 bits per heavy atom. The maximum atomic E-state index is 3.99. The second-order valence-electron chi connectivity index (χ2n) is 4.60. The second-order valence-corrected chi connectivity index (χ2v) is 4.60. The zero-order valence-electron chi connectivity index (χ0n) is 9.32. The van der Waals surface area contributed by atoms with Crippen molar-refractivity contribution >= 4 is 0 Å². The van der Waals surface area contributed by atoms with Crippen molar-refractivity contribution in [1.29, 1.82) is 0 Å². The van der Waals surface area contributed by atoms with E-state index in [1.54, 1.807) is 18.7 Å². The van der Waals surface area contributed by atoms with Crippen molar-refractivity contribution in [2.75, 3.05) is 13.1 Å². The van der Waals surface area contributed by atoms with E-state index in [1.807, 2.05) is 0 Å². The van der Waals surface area contributed by atoms with Crippen LogP contribution in [0, 0.1) is 11.8 Å². The summed E-state index contributed by atoms with van der Waals surface area (Å²) in [6.07, 6.45) is 10.2. The predicted octanol–water partition coefficient (Wildman–Crippen LogP) is 1.46. The van der Waals surface area contributed by atoms with Crippen LogP contribution in [-0.2, 0) is 0 Å². The molecule has 82 valence electrons. The third kappa shape index (κ3) is 1.60. The fraction of sp³-hybridized carbons (Fsp3) is 0.538. The van der Waals surface area contributed by atoms with Gasteiger partial charge in [-0.25, -0.2) is 9.97 Å². The molecule has 2 aliphatic heterocycles. The molecule has 0 aliphatic carbocycles. The molecular weight excluding hydrogens is 198 g/mol. The summed E-state index contributed by atoms with van der Waals surface area (Å²) in [7, 11) is 0. The first kappa shape index (κ1) is 9.80. The fourth-order valence-electron chi connectivity index (χ4n) is 2.86. The Hall–Kier alpha value is -1.40. The Balaban J connectivity index is 1.87. The van der Waals surface area contributed by atoms with Gasteiger partial charge in [-0.05, 0) is 38.8 Å². The summed E-state index contributed by atoms with van der Waals surface area (Å²) in [5, 5.41) is 0.